The number of amides is 1. The van der Waals surface area contributed by atoms with Gasteiger partial charge in [0.05, 0.1) is 5.69 Å². The Kier molecular flexibility index (Phi) is 8.92. The topological polar surface area (TPSA) is 108 Å². The van der Waals surface area contributed by atoms with Crippen molar-refractivity contribution < 1.29 is 4.79 Å². The predicted molar refractivity (Wildman–Crippen MR) is 168 cm³/mol. The molecule has 10 heteroatoms. The minimum atomic E-state index is -0.274. The molecular formula is C32H38N8O2. The van der Waals surface area contributed by atoms with Crippen molar-refractivity contribution in [2.45, 2.75) is 33.1 Å². The van der Waals surface area contributed by atoms with Gasteiger partial charge in [-0.1, -0.05) is 43.7 Å². The summed E-state index contributed by atoms with van der Waals surface area (Å²) in [7, 11) is 3.73. The molecule has 218 valence electrons. The first kappa shape index (κ1) is 28.9. The van der Waals surface area contributed by atoms with Crippen molar-refractivity contribution in [3.05, 3.63) is 87.8 Å². The lowest BCUT2D eigenvalue weighted by molar-refractivity contribution is 0.102. The molecule has 0 aliphatic carbocycles. The first-order valence-corrected chi connectivity index (χ1v) is 14.4. The van der Waals surface area contributed by atoms with Gasteiger partial charge >= 0.3 is 0 Å². The highest BCUT2D eigenvalue weighted by atomic mass is 16.1. The third kappa shape index (κ3) is 6.49. The molecular weight excluding hydrogens is 528 g/mol. The van der Waals surface area contributed by atoms with Crippen molar-refractivity contribution in [3.63, 3.8) is 0 Å². The molecule has 5 rings (SSSR count). The third-order valence-electron chi connectivity index (χ3n) is 7.67. The SMILES string of the molecule is CCCCc1ccccc1C(=O)Nc1cccc(-c2cc(Nc3ccnc(N4CCN(C)CC4)n3)c(=O)n(C)n2)c1C. The van der Waals surface area contributed by atoms with Crippen LogP contribution in [0.1, 0.15) is 41.3 Å². The summed E-state index contributed by atoms with van der Waals surface area (Å²) in [6.45, 7) is 7.67. The highest BCUT2D eigenvalue weighted by Gasteiger charge is 2.18. The largest absolute Gasteiger partial charge is 0.338 e. The van der Waals surface area contributed by atoms with Gasteiger partial charge in [-0.15, -0.1) is 0 Å². The van der Waals surface area contributed by atoms with Crippen LogP contribution in [0.25, 0.3) is 11.3 Å². The maximum atomic E-state index is 13.3. The maximum Gasteiger partial charge on any atom is 0.290 e. The lowest BCUT2D eigenvalue weighted by Gasteiger charge is -2.32. The van der Waals surface area contributed by atoms with Crippen LogP contribution in [0.5, 0.6) is 0 Å². The molecule has 2 aromatic heterocycles. The summed E-state index contributed by atoms with van der Waals surface area (Å²) >= 11 is 0. The van der Waals surface area contributed by atoms with Crippen molar-refractivity contribution in [1.29, 1.82) is 0 Å². The van der Waals surface area contributed by atoms with Crippen LogP contribution in [0.15, 0.2) is 65.6 Å². The van der Waals surface area contributed by atoms with Crippen molar-refractivity contribution >= 4 is 29.0 Å². The number of rotatable bonds is 9. The van der Waals surface area contributed by atoms with Gasteiger partial charge < -0.3 is 20.4 Å². The molecule has 1 fully saturated rings. The van der Waals surface area contributed by atoms with Crippen LogP contribution in [0.4, 0.5) is 23.1 Å². The monoisotopic (exact) mass is 566 g/mol. The van der Waals surface area contributed by atoms with Crippen LogP contribution in [-0.2, 0) is 13.5 Å². The summed E-state index contributed by atoms with van der Waals surface area (Å²) in [5.74, 6) is 1.03. The van der Waals surface area contributed by atoms with Crippen molar-refractivity contribution in [1.82, 2.24) is 24.6 Å². The fraction of sp³-hybridized carbons (Fsp3) is 0.344. The van der Waals surface area contributed by atoms with E-state index >= 15 is 0 Å². The van der Waals surface area contributed by atoms with E-state index in [1.165, 1.54) is 4.68 Å². The second-order valence-electron chi connectivity index (χ2n) is 10.7. The zero-order chi connectivity index (χ0) is 29.6. The number of hydrogen-bond acceptors (Lipinski definition) is 8. The Morgan fingerprint density at radius 1 is 0.976 bits per heavy atom. The Morgan fingerprint density at radius 2 is 1.76 bits per heavy atom. The number of piperazine rings is 1. The summed E-state index contributed by atoms with van der Waals surface area (Å²) in [4.78, 5) is 39.9. The summed E-state index contributed by atoms with van der Waals surface area (Å²) in [6.07, 6.45) is 4.65. The number of likely N-dealkylation sites (N-methyl/N-ethyl adjacent to an activating group) is 1. The van der Waals surface area contributed by atoms with E-state index in [0.29, 0.717) is 34.4 Å². The molecule has 0 bridgehead atoms. The van der Waals surface area contributed by atoms with E-state index in [1.807, 2.05) is 49.4 Å². The molecule has 0 radical (unpaired) electrons. The van der Waals surface area contributed by atoms with Gasteiger partial charge in [0.25, 0.3) is 11.5 Å². The minimum Gasteiger partial charge on any atom is -0.338 e. The molecule has 10 nitrogen and oxygen atoms in total. The second-order valence-corrected chi connectivity index (χ2v) is 10.7. The number of anilines is 4. The Balaban J connectivity index is 1.40. The Morgan fingerprint density at radius 3 is 2.55 bits per heavy atom. The Labute approximate surface area is 246 Å². The van der Waals surface area contributed by atoms with Gasteiger partial charge in [0.15, 0.2) is 0 Å². The van der Waals surface area contributed by atoms with Crippen LogP contribution < -0.4 is 21.1 Å². The fourth-order valence-electron chi connectivity index (χ4n) is 5.11. The highest BCUT2D eigenvalue weighted by Crippen LogP contribution is 2.29. The zero-order valence-electron chi connectivity index (χ0n) is 24.7. The number of carbonyl (C=O) groups is 1. The normalized spacial score (nSPS) is 13.7. The van der Waals surface area contributed by atoms with E-state index in [9.17, 15) is 9.59 Å². The number of hydrogen-bond donors (Lipinski definition) is 2. The predicted octanol–water partition coefficient (Wildman–Crippen LogP) is 4.64. The summed E-state index contributed by atoms with van der Waals surface area (Å²) < 4.78 is 1.31. The molecule has 3 heterocycles. The van der Waals surface area contributed by atoms with Crippen LogP contribution in [0, 0.1) is 6.92 Å². The molecule has 1 amide bonds. The standard InChI is InChI=1S/C32H38N8O2/c1-5-6-10-23-11-7-8-12-25(23)30(41)35-26-14-9-13-24(22(26)2)27-21-28(31(42)39(4)37-27)34-29-15-16-33-32(36-29)40-19-17-38(3)18-20-40/h7-9,11-16,21H,5-6,10,17-20H2,1-4H3,(H,35,41)(H,33,34,36). The number of benzene rings is 2. The zero-order valence-corrected chi connectivity index (χ0v) is 24.7. The Hall–Kier alpha value is -4.57. The number of carbonyl (C=O) groups excluding carboxylic acids is 1. The molecule has 1 aliphatic heterocycles. The molecule has 1 aliphatic rings. The molecule has 0 atom stereocenters. The second kappa shape index (κ2) is 12.9. The number of nitrogens with one attached hydrogen (secondary N) is 2. The van der Waals surface area contributed by atoms with Crippen LogP contribution in [-0.4, -0.2) is 63.8 Å². The van der Waals surface area contributed by atoms with Gasteiger partial charge in [-0.05, 0) is 62.2 Å². The van der Waals surface area contributed by atoms with Gasteiger partial charge in [-0.25, -0.2) is 9.67 Å². The highest BCUT2D eigenvalue weighted by molar-refractivity contribution is 6.06. The summed E-state index contributed by atoms with van der Waals surface area (Å²) in [6, 6.07) is 16.9. The van der Waals surface area contributed by atoms with Crippen molar-refractivity contribution in [3.8, 4) is 11.3 Å². The van der Waals surface area contributed by atoms with Gasteiger partial charge in [0.2, 0.25) is 5.95 Å². The molecule has 2 N–H and O–H groups in total. The van der Waals surface area contributed by atoms with E-state index in [1.54, 1.807) is 25.4 Å². The molecule has 0 spiro atoms. The molecule has 42 heavy (non-hydrogen) atoms. The fourth-order valence-corrected chi connectivity index (χ4v) is 5.11. The average Bonchev–Trinajstić information content (AvgIpc) is 3.00. The van der Waals surface area contributed by atoms with Gasteiger partial charge in [-0.2, -0.15) is 10.1 Å². The van der Waals surface area contributed by atoms with E-state index in [4.69, 9.17) is 0 Å². The molecule has 0 saturated carbocycles. The minimum absolute atomic E-state index is 0.141. The molecule has 4 aromatic rings. The lowest BCUT2D eigenvalue weighted by Crippen LogP contribution is -2.45. The van der Waals surface area contributed by atoms with Gasteiger partial charge in [0.1, 0.15) is 11.5 Å². The van der Waals surface area contributed by atoms with E-state index in [-0.39, 0.29) is 11.5 Å². The smallest absolute Gasteiger partial charge is 0.290 e. The summed E-state index contributed by atoms with van der Waals surface area (Å²) in [5.41, 5.74) is 4.77. The number of aromatic nitrogens is 4. The lowest BCUT2D eigenvalue weighted by atomic mass is 10.0. The third-order valence-corrected chi connectivity index (χ3v) is 7.67. The molecule has 2 aromatic carbocycles. The quantitative estimate of drug-likeness (QED) is 0.302. The van der Waals surface area contributed by atoms with E-state index < -0.39 is 0 Å². The maximum absolute atomic E-state index is 13.3. The number of aryl methyl sites for hydroxylation is 2. The molecule has 1 saturated heterocycles. The average molecular weight is 567 g/mol. The van der Waals surface area contributed by atoms with Crippen LogP contribution >= 0.6 is 0 Å². The van der Waals surface area contributed by atoms with E-state index in [2.05, 4.69) is 49.5 Å². The van der Waals surface area contributed by atoms with Crippen molar-refractivity contribution in [2.75, 3.05) is 48.8 Å². The van der Waals surface area contributed by atoms with Gasteiger partial charge in [0, 0.05) is 56.2 Å². The van der Waals surface area contributed by atoms with Crippen LogP contribution in [0.3, 0.4) is 0 Å². The summed E-state index contributed by atoms with van der Waals surface area (Å²) in [5, 5.41) is 10.8. The van der Waals surface area contributed by atoms with Gasteiger partial charge in [-0.3, -0.25) is 9.59 Å². The van der Waals surface area contributed by atoms with Crippen molar-refractivity contribution in [2.24, 2.45) is 7.05 Å². The number of nitrogens with zero attached hydrogens (tertiary/aromatic N) is 6. The van der Waals surface area contributed by atoms with Crippen LogP contribution in [0.2, 0.25) is 0 Å². The first-order chi connectivity index (χ1) is 20.3. The van der Waals surface area contributed by atoms with E-state index in [0.717, 1.165) is 62.1 Å². The first-order valence-electron chi connectivity index (χ1n) is 14.4. The molecule has 0 unspecified atom stereocenters. The Bertz CT molecular complexity index is 1630. The number of unbranched alkanes of at least 4 members (excludes halogenated alkanes) is 1.